The number of aliphatic hydroxyl groups is 2. The van der Waals surface area contributed by atoms with E-state index >= 15 is 0 Å². The maximum atomic E-state index is 12.6. The van der Waals surface area contributed by atoms with Crippen molar-refractivity contribution < 1.29 is 23.4 Å². The Morgan fingerprint density at radius 1 is 1.28 bits per heavy atom. The number of fused-ring (bicyclic) bond motifs is 1. The van der Waals surface area contributed by atoms with Gasteiger partial charge in [0.25, 0.3) is 0 Å². The predicted octanol–water partition coefficient (Wildman–Crippen LogP) is -0.534. The summed E-state index contributed by atoms with van der Waals surface area (Å²) in [7, 11) is 0. The summed E-state index contributed by atoms with van der Waals surface area (Å²) in [5.74, 6) is -0.765. The minimum Gasteiger partial charge on any atom is -0.394 e. The van der Waals surface area contributed by atoms with Crippen molar-refractivity contribution in [3.8, 4) is 0 Å². The average Bonchev–Trinajstić information content (AvgIpc) is 2.71. The number of aliphatic hydroxyl groups excluding tert-OH is 2. The predicted molar refractivity (Wildman–Crippen MR) is 53.4 cm³/mol. The largest absolute Gasteiger partial charge is 0.451 e. The molecule has 102 valence electrons. The molecule has 9 heteroatoms. The highest BCUT2D eigenvalue weighted by Crippen LogP contribution is 2.29. The van der Waals surface area contributed by atoms with Crippen LogP contribution in [0.2, 0.25) is 0 Å². The van der Waals surface area contributed by atoms with Crippen LogP contribution in [0.5, 0.6) is 0 Å². The average molecular weight is 266 g/mol. The van der Waals surface area contributed by atoms with E-state index in [1.54, 1.807) is 4.90 Å². The van der Waals surface area contributed by atoms with E-state index in [1.165, 1.54) is 0 Å². The molecule has 6 nitrogen and oxygen atoms in total. The quantitative estimate of drug-likeness (QED) is 0.769. The van der Waals surface area contributed by atoms with Crippen molar-refractivity contribution in [2.24, 2.45) is 0 Å². The summed E-state index contributed by atoms with van der Waals surface area (Å²) < 4.78 is 38.7. The van der Waals surface area contributed by atoms with E-state index in [0.29, 0.717) is 6.54 Å². The minimum atomic E-state index is -4.50. The van der Waals surface area contributed by atoms with E-state index in [4.69, 9.17) is 5.11 Å². The van der Waals surface area contributed by atoms with E-state index in [9.17, 15) is 18.3 Å². The van der Waals surface area contributed by atoms with Gasteiger partial charge in [-0.2, -0.15) is 13.2 Å². The first kappa shape index (κ1) is 13.2. The first-order chi connectivity index (χ1) is 8.41. The molecular weight excluding hydrogens is 253 g/mol. The molecule has 2 rings (SSSR count). The van der Waals surface area contributed by atoms with Gasteiger partial charge >= 0.3 is 6.18 Å². The lowest BCUT2D eigenvalue weighted by Crippen LogP contribution is -2.40. The maximum absolute atomic E-state index is 12.6. The number of nitrogens with zero attached hydrogens (tertiary/aromatic N) is 4. The van der Waals surface area contributed by atoms with E-state index < -0.39 is 18.1 Å². The molecule has 0 spiro atoms. The number of hydrogen-bond donors (Lipinski definition) is 2. The molecule has 2 heterocycles. The van der Waals surface area contributed by atoms with Gasteiger partial charge in [0.2, 0.25) is 5.82 Å². The molecule has 0 radical (unpaired) electrons. The Morgan fingerprint density at radius 2 is 2.00 bits per heavy atom. The van der Waals surface area contributed by atoms with Gasteiger partial charge in [-0.3, -0.25) is 4.90 Å². The Hall–Kier alpha value is -1.19. The molecular formula is C9H13F3N4O2. The molecule has 0 bridgehead atoms. The van der Waals surface area contributed by atoms with Crippen LogP contribution in [-0.4, -0.2) is 55.7 Å². The van der Waals surface area contributed by atoms with Gasteiger partial charge in [-0.1, -0.05) is 0 Å². The molecule has 2 N–H and O–H groups in total. The van der Waals surface area contributed by atoms with Crippen LogP contribution in [0.15, 0.2) is 0 Å². The van der Waals surface area contributed by atoms with Gasteiger partial charge in [-0.15, -0.1) is 10.2 Å². The summed E-state index contributed by atoms with van der Waals surface area (Å²) in [5, 5.41) is 24.7. The third-order valence-corrected chi connectivity index (χ3v) is 2.77. The molecule has 0 saturated heterocycles. The fourth-order valence-corrected chi connectivity index (χ4v) is 1.93. The standard InChI is InChI=1S/C9H13F3N4O2/c10-9(11,12)8-14-13-7-4-15(1-2-16(7)8)3-6(18)5-17/h6,17-18H,1-5H2. The van der Waals surface area contributed by atoms with E-state index in [2.05, 4.69) is 10.2 Å². The van der Waals surface area contributed by atoms with Gasteiger partial charge in [0.05, 0.1) is 19.3 Å². The zero-order chi connectivity index (χ0) is 13.3. The molecule has 1 atom stereocenters. The monoisotopic (exact) mass is 266 g/mol. The molecule has 1 aliphatic heterocycles. The van der Waals surface area contributed by atoms with Crippen molar-refractivity contribution in [3.05, 3.63) is 11.6 Å². The molecule has 1 unspecified atom stereocenters. The SMILES string of the molecule is OCC(O)CN1CCn2c(nnc2C(F)(F)F)C1. The number of hydrogen-bond acceptors (Lipinski definition) is 5. The summed E-state index contributed by atoms with van der Waals surface area (Å²) >= 11 is 0. The van der Waals surface area contributed by atoms with Gasteiger partial charge in [0, 0.05) is 19.6 Å². The lowest BCUT2D eigenvalue weighted by atomic mass is 10.3. The number of alkyl halides is 3. The highest BCUT2D eigenvalue weighted by atomic mass is 19.4. The van der Waals surface area contributed by atoms with E-state index in [1.807, 2.05) is 0 Å². The summed E-state index contributed by atoms with van der Waals surface area (Å²) in [6.07, 6.45) is -5.40. The van der Waals surface area contributed by atoms with E-state index in [-0.39, 0.29) is 32.1 Å². The van der Waals surface area contributed by atoms with Gasteiger partial charge in [-0.25, -0.2) is 0 Å². The Kier molecular flexibility index (Phi) is 3.55. The van der Waals surface area contributed by atoms with Crippen LogP contribution in [0.25, 0.3) is 0 Å². The van der Waals surface area contributed by atoms with E-state index in [0.717, 1.165) is 4.57 Å². The molecule has 0 fully saturated rings. The second kappa shape index (κ2) is 4.82. The van der Waals surface area contributed by atoms with Crippen LogP contribution in [0.4, 0.5) is 13.2 Å². The number of aromatic nitrogens is 3. The Balaban J connectivity index is 2.10. The summed E-state index contributed by atoms with van der Waals surface area (Å²) in [4.78, 5) is 1.73. The zero-order valence-electron chi connectivity index (χ0n) is 9.43. The van der Waals surface area contributed by atoms with Gasteiger partial charge < -0.3 is 14.8 Å². The lowest BCUT2D eigenvalue weighted by molar-refractivity contribution is -0.148. The molecule has 1 aromatic rings. The molecule has 18 heavy (non-hydrogen) atoms. The second-order valence-electron chi connectivity index (χ2n) is 4.16. The third-order valence-electron chi connectivity index (χ3n) is 2.77. The maximum Gasteiger partial charge on any atom is 0.451 e. The first-order valence-corrected chi connectivity index (χ1v) is 5.42. The van der Waals surface area contributed by atoms with Crippen LogP contribution < -0.4 is 0 Å². The van der Waals surface area contributed by atoms with Crippen molar-refractivity contribution in [3.63, 3.8) is 0 Å². The van der Waals surface area contributed by atoms with Gasteiger partial charge in [0.1, 0.15) is 5.82 Å². The fraction of sp³-hybridized carbons (Fsp3) is 0.778. The summed E-state index contributed by atoms with van der Waals surface area (Å²) in [5.41, 5.74) is 0. The zero-order valence-corrected chi connectivity index (χ0v) is 9.43. The topological polar surface area (TPSA) is 74.4 Å². The highest BCUT2D eigenvalue weighted by Gasteiger charge is 2.39. The van der Waals surface area contributed by atoms with Crippen molar-refractivity contribution in [2.45, 2.75) is 25.4 Å². The summed E-state index contributed by atoms with van der Waals surface area (Å²) in [6.45, 7) is 0.475. The normalized spacial score (nSPS) is 18.7. The molecule has 0 saturated carbocycles. The smallest absolute Gasteiger partial charge is 0.394 e. The lowest BCUT2D eigenvalue weighted by Gasteiger charge is -2.28. The van der Waals surface area contributed by atoms with Crippen LogP contribution in [0.1, 0.15) is 11.6 Å². The van der Waals surface area contributed by atoms with Crippen LogP contribution in [0, 0.1) is 0 Å². The Bertz CT molecular complexity index is 420. The van der Waals surface area contributed by atoms with Crippen LogP contribution >= 0.6 is 0 Å². The van der Waals surface area contributed by atoms with Crippen molar-refractivity contribution in [1.82, 2.24) is 19.7 Å². The van der Waals surface area contributed by atoms with Gasteiger partial charge in [-0.05, 0) is 0 Å². The van der Waals surface area contributed by atoms with Crippen LogP contribution in [0.3, 0.4) is 0 Å². The summed E-state index contributed by atoms with van der Waals surface area (Å²) in [6, 6.07) is 0. The third kappa shape index (κ3) is 2.62. The number of rotatable bonds is 3. The highest BCUT2D eigenvalue weighted by molar-refractivity contribution is 5.02. The van der Waals surface area contributed by atoms with Crippen molar-refractivity contribution in [2.75, 3.05) is 19.7 Å². The molecule has 0 aliphatic carbocycles. The number of halogens is 3. The number of β-amino-alcohol motifs (C(OH)–C–C–N with tert-alkyl or cyclic N) is 1. The van der Waals surface area contributed by atoms with Crippen molar-refractivity contribution in [1.29, 1.82) is 0 Å². The molecule has 1 aromatic heterocycles. The first-order valence-electron chi connectivity index (χ1n) is 5.42. The second-order valence-corrected chi connectivity index (χ2v) is 4.16. The molecule has 1 aliphatic rings. The Labute approximate surface area is 101 Å². The Morgan fingerprint density at radius 3 is 2.61 bits per heavy atom. The van der Waals surface area contributed by atoms with Crippen LogP contribution in [-0.2, 0) is 19.3 Å². The molecule has 0 amide bonds. The van der Waals surface area contributed by atoms with Gasteiger partial charge in [0.15, 0.2) is 0 Å². The minimum absolute atomic E-state index is 0.120. The molecule has 0 aromatic carbocycles. The fourth-order valence-electron chi connectivity index (χ4n) is 1.93. The van der Waals surface area contributed by atoms with Crippen molar-refractivity contribution >= 4 is 0 Å².